The fourth-order valence-corrected chi connectivity index (χ4v) is 2.33. The molecule has 0 amide bonds. The van der Waals surface area contributed by atoms with Gasteiger partial charge in [-0.25, -0.2) is 9.67 Å². The van der Waals surface area contributed by atoms with Crippen molar-refractivity contribution in [2.45, 2.75) is 16.0 Å². The van der Waals surface area contributed by atoms with Crippen LogP contribution in [-0.4, -0.2) is 36.3 Å². The zero-order chi connectivity index (χ0) is 10.7. The largest absolute Gasteiger partial charge is 0.480 e. The molecule has 0 aliphatic rings. The van der Waals surface area contributed by atoms with Gasteiger partial charge in [-0.3, -0.25) is 4.79 Å². The van der Waals surface area contributed by atoms with Crippen LogP contribution in [0, 0.1) is 0 Å². The lowest BCUT2D eigenvalue weighted by Crippen LogP contribution is -2.11. The molecule has 15 heavy (non-hydrogen) atoms. The third-order valence-corrected chi connectivity index (χ3v) is 3.23. The lowest BCUT2D eigenvalue weighted by Gasteiger charge is -1.97. The van der Waals surface area contributed by atoms with Gasteiger partial charge < -0.3 is 5.11 Å². The van der Waals surface area contributed by atoms with Gasteiger partial charge >= 0.3 is 5.97 Å². The Bertz CT molecular complexity index is 454. The summed E-state index contributed by atoms with van der Waals surface area (Å²) in [5, 5.41) is 21.5. The van der Waals surface area contributed by atoms with Crippen LogP contribution in [0.25, 0.3) is 0 Å². The third kappa shape index (κ3) is 2.50. The molecule has 1 N–H and O–H groups in total. The quantitative estimate of drug-likeness (QED) is 0.828. The topological polar surface area (TPSA) is 93.8 Å². The maximum Gasteiger partial charge on any atom is 0.325 e. The SMILES string of the molecule is O=C(O)Cn1nnnc1Sc1nccs1. The van der Waals surface area contributed by atoms with E-state index in [1.165, 1.54) is 27.8 Å². The fraction of sp³-hybridized carbons (Fsp3) is 0.167. The first-order chi connectivity index (χ1) is 7.25. The number of hydrogen-bond acceptors (Lipinski definition) is 7. The second kappa shape index (κ2) is 4.36. The Morgan fingerprint density at radius 2 is 2.53 bits per heavy atom. The van der Waals surface area contributed by atoms with Crippen LogP contribution in [0.2, 0.25) is 0 Å². The van der Waals surface area contributed by atoms with Gasteiger partial charge in [-0.05, 0) is 22.2 Å². The van der Waals surface area contributed by atoms with E-state index in [9.17, 15) is 4.79 Å². The number of carboxylic acid groups (broad SMARTS) is 1. The van der Waals surface area contributed by atoms with Crippen molar-refractivity contribution in [1.82, 2.24) is 25.2 Å². The second-order valence-corrected chi connectivity index (χ2v) is 4.52. The van der Waals surface area contributed by atoms with Gasteiger partial charge in [0.15, 0.2) is 4.34 Å². The van der Waals surface area contributed by atoms with Gasteiger partial charge in [-0.2, -0.15) is 0 Å². The molecule has 78 valence electrons. The molecule has 0 fully saturated rings. The van der Waals surface area contributed by atoms with Crippen molar-refractivity contribution in [2.24, 2.45) is 0 Å². The van der Waals surface area contributed by atoms with Crippen molar-refractivity contribution >= 4 is 29.1 Å². The Labute approximate surface area is 92.1 Å². The van der Waals surface area contributed by atoms with Crippen molar-refractivity contribution in [3.05, 3.63) is 11.6 Å². The van der Waals surface area contributed by atoms with Gasteiger partial charge in [0.2, 0.25) is 5.16 Å². The van der Waals surface area contributed by atoms with E-state index in [4.69, 9.17) is 5.11 Å². The van der Waals surface area contributed by atoms with Crippen molar-refractivity contribution in [2.75, 3.05) is 0 Å². The van der Waals surface area contributed by atoms with E-state index in [1.54, 1.807) is 6.20 Å². The molecule has 0 saturated heterocycles. The molecule has 0 radical (unpaired) electrons. The number of carbonyl (C=O) groups is 1. The summed E-state index contributed by atoms with van der Waals surface area (Å²) in [6.07, 6.45) is 1.67. The summed E-state index contributed by atoms with van der Waals surface area (Å²) in [6, 6.07) is 0. The molecule has 0 saturated carbocycles. The minimum Gasteiger partial charge on any atom is -0.480 e. The molecule has 0 aromatic carbocycles. The molecule has 9 heteroatoms. The predicted molar refractivity (Wildman–Crippen MR) is 51.7 cm³/mol. The van der Waals surface area contributed by atoms with E-state index >= 15 is 0 Å². The van der Waals surface area contributed by atoms with Gasteiger partial charge in [-0.1, -0.05) is 0 Å². The van der Waals surface area contributed by atoms with Crippen LogP contribution in [0.3, 0.4) is 0 Å². The second-order valence-electron chi connectivity index (χ2n) is 2.41. The van der Waals surface area contributed by atoms with E-state index in [2.05, 4.69) is 20.5 Å². The number of nitrogens with zero attached hydrogens (tertiary/aromatic N) is 5. The van der Waals surface area contributed by atoms with Crippen LogP contribution >= 0.6 is 23.1 Å². The van der Waals surface area contributed by atoms with Gasteiger partial charge in [0, 0.05) is 11.6 Å². The van der Waals surface area contributed by atoms with Gasteiger partial charge in [0.25, 0.3) is 0 Å². The molecule has 2 heterocycles. The zero-order valence-corrected chi connectivity index (χ0v) is 8.90. The summed E-state index contributed by atoms with van der Waals surface area (Å²) in [6.45, 7) is -0.249. The molecule has 0 spiro atoms. The Kier molecular flexibility index (Phi) is 2.92. The molecular formula is C6H5N5O2S2. The van der Waals surface area contributed by atoms with Crippen LogP contribution < -0.4 is 0 Å². The third-order valence-electron chi connectivity index (χ3n) is 1.37. The van der Waals surface area contributed by atoms with Crippen LogP contribution in [0.5, 0.6) is 0 Å². The summed E-state index contributed by atoms with van der Waals surface area (Å²) >= 11 is 2.68. The lowest BCUT2D eigenvalue weighted by atomic mass is 10.7. The van der Waals surface area contributed by atoms with Crippen LogP contribution in [-0.2, 0) is 11.3 Å². The van der Waals surface area contributed by atoms with Gasteiger partial charge in [0.1, 0.15) is 6.54 Å². The Hall–Kier alpha value is -1.48. The number of rotatable bonds is 4. The summed E-state index contributed by atoms with van der Waals surface area (Å²) in [5.41, 5.74) is 0. The zero-order valence-electron chi connectivity index (χ0n) is 7.27. The highest BCUT2D eigenvalue weighted by Gasteiger charge is 2.11. The molecule has 2 aromatic rings. The average molecular weight is 243 g/mol. The van der Waals surface area contributed by atoms with Crippen LogP contribution in [0.15, 0.2) is 21.1 Å². The molecule has 0 aliphatic carbocycles. The molecule has 0 aliphatic heterocycles. The normalized spacial score (nSPS) is 10.4. The number of aromatic nitrogens is 5. The van der Waals surface area contributed by atoms with Crippen molar-refractivity contribution < 1.29 is 9.90 Å². The minimum atomic E-state index is -0.983. The number of hydrogen-bond donors (Lipinski definition) is 1. The van der Waals surface area contributed by atoms with Crippen molar-refractivity contribution in [1.29, 1.82) is 0 Å². The van der Waals surface area contributed by atoms with E-state index in [0.717, 1.165) is 4.34 Å². The van der Waals surface area contributed by atoms with Crippen molar-refractivity contribution in [3.8, 4) is 0 Å². The van der Waals surface area contributed by atoms with E-state index in [0.29, 0.717) is 5.16 Å². The Balaban J connectivity index is 2.14. The summed E-state index contributed by atoms with van der Waals surface area (Å²) < 4.78 is 1.99. The fourth-order valence-electron chi connectivity index (χ4n) is 0.836. The van der Waals surface area contributed by atoms with E-state index in [1.807, 2.05) is 5.38 Å². The van der Waals surface area contributed by atoms with E-state index in [-0.39, 0.29) is 6.54 Å². The molecular weight excluding hydrogens is 238 g/mol. The molecule has 0 atom stereocenters. The first kappa shape index (κ1) is 10.1. The van der Waals surface area contributed by atoms with Gasteiger partial charge in [0.05, 0.1) is 0 Å². The number of tetrazole rings is 1. The summed E-state index contributed by atoms with van der Waals surface area (Å²) in [4.78, 5) is 14.5. The Morgan fingerprint density at radius 1 is 1.67 bits per heavy atom. The summed E-state index contributed by atoms with van der Waals surface area (Å²) in [5.74, 6) is -0.983. The smallest absolute Gasteiger partial charge is 0.325 e. The number of thiazole rings is 1. The average Bonchev–Trinajstić information content (AvgIpc) is 2.78. The first-order valence-electron chi connectivity index (χ1n) is 3.81. The standard InChI is InChI=1S/C6H5N5O2S2/c12-4(13)3-11-5(8-9-10-11)15-6-7-1-2-14-6/h1-2H,3H2,(H,12,13). The first-order valence-corrected chi connectivity index (χ1v) is 5.50. The maximum atomic E-state index is 10.5. The predicted octanol–water partition coefficient (Wildman–Crippen LogP) is 0.365. The highest BCUT2D eigenvalue weighted by Crippen LogP contribution is 2.26. The number of carboxylic acids is 1. The monoisotopic (exact) mass is 243 g/mol. The highest BCUT2D eigenvalue weighted by molar-refractivity contribution is 8.00. The van der Waals surface area contributed by atoms with E-state index < -0.39 is 5.97 Å². The minimum absolute atomic E-state index is 0.249. The lowest BCUT2D eigenvalue weighted by molar-refractivity contribution is -0.138. The number of aliphatic carboxylic acids is 1. The molecule has 2 rings (SSSR count). The molecule has 0 unspecified atom stereocenters. The van der Waals surface area contributed by atoms with Crippen LogP contribution in [0.1, 0.15) is 0 Å². The Morgan fingerprint density at radius 3 is 3.20 bits per heavy atom. The molecule has 7 nitrogen and oxygen atoms in total. The highest BCUT2D eigenvalue weighted by atomic mass is 32.2. The molecule has 0 bridgehead atoms. The van der Waals surface area contributed by atoms with Crippen LogP contribution in [0.4, 0.5) is 0 Å². The van der Waals surface area contributed by atoms with Crippen molar-refractivity contribution in [3.63, 3.8) is 0 Å². The maximum absolute atomic E-state index is 10.5. The molecule has 2 aromatic heterocycles. The summed E-state index contributed by atoms with van der Waals surface area (Å²) in [7, 11) is 0. The van der Waals surface area contributed by atoms with Gasteiger partial charge in [-0.15, -0.1) is 16.4 Å².